The lowest BCUT2D eigenvalue weighted by Crippen LogP contribution is -2.49. The number of piperazine rings is 1. The highest BCUT2D eigenvalue weighted by molar-refractivity contribution is 8.14. The van der Waals surface area contributed by atoms with E-state index in [0.29, 0.717) is 54.1 Å². The molecule has 3 heterocycles. The van der Waals surface area contributed by atoms with Gasteiger partial charge < -0.3 is 19.3 Å². The van der Waals surface area contributed by atoms with E-state index >= 15 is 0 Å². The van der Waals surface area contributed by atoms with Crippen LogP contribution in [0.15, 0.2) is 83.5 Å². The minimum absolute atomic E-state index is 0.00191. The van der Waals surface area contributed by atoms with Crippen molar-refractivity contribution >= 4 is 52.0 Å². The van der Waals surface area contributed by atoms with Gasteiger partial charge in [-0.25, -0.2) is 4.99 Å². The highest BCUT2D eigenvalue weighted by Crippen LogP contribution is 2.34. The number of para-hydroxylation sites is 1. The van der Waals surface area contributed by atoms with E-state index in [4.69, 9.17) is 9.47 Å². The summed E-state index contributed by atoms with van der Waals surface area (Å²) in [6.07, 6.45) is 1.72. The molecule has 0 radical (unpaired) electrons. The van der Waals surface area contributed by atoms with Crippen LogP contribution >= 0.6 is 11.8 Å². The van der Waals surface area contributed by atoms with E-state index in [-0.39, 0.29) is 35.8 Å². The summed E-state index contributed by atoms with van der Waals surface area (Å²) in [6.45, 7) is 4.32. The summed E-state index contributed by atoms with van der Waals surface area (Å²) in [5.41, 5.74) is 3.47. The highest BCUT2D eigenvalue weighted by Gasteiger charge is 2.33. The second-order valence-corrected chi connectivity index (χ2v) is 10.7. The van der Waals surface area contributed by atoms with Gasteiger partial charge in [-0.15, -0.1) is 0 Å². The molecule has 0 aliphatic carbocycles. The van der Waals surface area contributed by atoms with Gasteiger partial charge in [0.1, 0.15) is 5.70 Å². The Bertz CT molecular complexity index is 1550. The zero-order chi connectivity index (χ0) is 28.3. The third-order valence-corrected chi connectivity index (χ3v) is 8.06. The van der Waals surface area contributed by atoms with Gasteiger partial charge in [0.2, 0.25) is 12.7 Å². The number of ether oxygens (including phenoxy) is 2. The molecule has 0 unspecified atom stereocenters. The second kappa shape index (κ2) is 11.5. The Labute approximate surface area is 242 Å². The van der Waals surface area contributed by atoms with Crippen LogP contribution < -0.4 is 19.3 Å². The van der Waals surface area contributed by atoms with Gasteiger partial charge in [-0.1, -0.05) is 36.0 Å². The first kappa shape index (κ1) is 26.6. The molecule has 0 N–H and O–H groups in total. The van der Waals surface area contributed by atoms with Crippen molar-refractivity contribution in [3.05, 3.63) is 89.6 Å². The van der Waals surface area contributed by atoms with Crippen molar-refractivity contribution in [2.75, 3.05) is 48.5 Å². The van der Waals surface area contributed by atoms with Gasteiger partial charge >= 0.3 is 0 Å². The average molecular weight is 569 g/mol. The highest BCUT2D eigenvalue weighted by atomic mass is 32.2. The second-order valence-electron chi connectivity index (χ2n) is 9.77. The maximum absolute atomic E-state index is 13.5. The number of ketones is 1. The first-order chi connectivity index (χ1) is 20.0. The third kappa shape index (κ3) is 5.69. The fourth-order valence-electron chi connectivity index (χ4n) is 4.90. The van der Waals surface area contributed by atoms with Crippen LogP contribution in [0.5, 0.6) is 11.5 Å². The number of amidine groups is 1. The summed E-state index contributed by atoms with van der Waals surface area (Å²) >= 11 is 1.26. The maximum atomic E-state index is 13.5. The number of amides is 2. The molecule has 0 bridgehead atoms. The lowest BCUT2D eigenvalue weighted by molar-refractivity contribution is -0.128. The van der Waals surface area contributed by atoms with E-state index in [1.807, 2.05) is 77.7 Å². The Morgan fingerprint density at radius 2 is 1.63 bits per heavy atom. The Hall–Kier alpha value is -4.57. The Morgan fingerprint density at radius 3 is 2.37 bits per heavy atom. The molecular formula is C31H28N4O5S. The Morgan fingerprint density at radius 1 is 0.902 bits per heavy atom. The first-order valence-electron chi connectivity index (χ1n) is 13.3. The number of thioether (sulfide) groups is 1. The summed E-state index contributed by atoms with van der Waals surface area (Å²) < 4.78 is 10.8. The van der Waals surface area contributed by atoms with Crippen LogP contribution in [0.1, 0.15) is 22.8 Å². The van der Waals surface area contributed by atoms with Gasteiger partial charge in [0.05, 0.1) is 11.4 Å². The van der Waals surface area contributed by atoms with Gasteiger partial charge in [-0.05, 0) is 67.1 Å². The number of rotatable bonds is 6. The number of hydrogen-bond donors (Lipinski definition) is 0. The van der Waals surface area contributed by atoms with Crippen molar-refractivity contribution < 1.29 is 23.9 Å². The van der Waals surface area contributed by atoms with E-state index in [1.165, 1.54) is 11.8 Å². The van der Waals surface area contributed by atoms with Gasteiger partial charge in [-0.3, -0.25) is 19.3 Å². The molecule has 3 aromatic carbocycles. The van der Waals surface area contributed by atoms with Gasteiger partial charge in [0.25, 0.3) is 5.91 Å². The van der Waals surface area contributed by atoms with Crippen molar-refractivity contribution in [1.29, 1.82) is 0 Å². The summed E-state index contributed by atoms with van der Waals surface area (Å²) in [5, 5.41) is 0.464. The number of hydrogen-bond acceptors (Lipinski definition) is 8. The average Bonchev–Trinajstić information content (AvgIpc) is 3.60. The lowest BCUT2D eigenvalue weighted by Gasteiger charge is -2.36. The number of anilines is 2. The van der Waals surface area contributed by atoms with Crippen LogP contribution in [0.2, 0.25) is 0 Å². The predicted octanol–water partition coefficient (Wildman–Crippen LogP) is 4.44. The van der Waals surface area contributed by atoms with Crippen LogP contribution in [0.3, 0.4) is 0 Å². The SMILES string of the molecule is CC(=O)c1ccc(N2CCN(C(=O)CSC3=N/C(=C\c4ccc5c(c4)OCO5)C(=O)N3c3ccccc3)CC2)cc1. The van der Waals surface area contributed by atoms with Crippen molar-refractivity contribution in [2.24, 2.45) is 4.99 Å². The normalized spacial score (nSPS) is 17.3. The zero-order valence-corrected chi connectivity index (χ0v) is 23.3. The predicted molar refractivity (Wildman–Crippen MR) is 160 cm³/mol. The minimum Gasteiger partial charge on any atom is -0.454 e. The lowest BCUT2D eigenvalue weighted by atomic mass is 10.1. The van der Waals surface area contributed by atoms with Gasteiger partial charge in [-0.2, -0.15) is 0 Å². The molecule has 0 saturated carbocycles. The van der Waals surface area contributed by atoms with Crippen molar-refractivity contribution in [2.45, 2.75) is 6.92 Å². The topological polar surface area (TPSA) is 91.8 Å². The van der Waals surface area contributed by atoms with Gasteiger partial charge in [0, 0.05) is 37.4 Å². The fraction of sp³-hybridized carbons (Fsp3) is 0.226. The van der Waals surface area contributed by atoms with Gasteiger partial charge in [0.15, 0.2) is 22.4 Å². The number of aliphatic imine (C=N–C) groups is 1. The summed E-state index contributed by atoms with van der Waals surface area (Å²) in [6, 6.07) is 22.4. The van der Waals surface area contributed by atoms with Crippen molar-refractivity contribution in [3.8, 4) is 11.5 Å². The molecule has 1 saturated heterocycles. The fourth-order valence-corrected chi connectivity index (χ4v) is 5.81. The van der Waals surface area contributed by atoms with E-state index in [2.05, 4.69) is 9.89 Å². The minimum atomic E-state index is -0.256. The Balaban J connectivity index is 1.13. The molecule has 1 fully saturated rings. The molecule has 6 rings (SSSR count). The van der Waals surface area contributed by atoms with Crippen LogP contribution in [-0.2, 0) is 9.59 Å². The number of fused-ring (bicyclic) bond motifs is 1. The van der Waals surface area contributed by atoms with Crippen molar-refractivity contribution in [1.82, 2.24) is 4.90 Å². The third-order valence-electron chi connectivity index (χ3n) is 7.14. The smallest absolute Gasteiger partial charge is 0.283 e. The molecule has 3 aliphatic heterocycles. The van der Waals surface area contributed by atoms with Crippen LogP contribution in [0.4, 0.5) is 11.4 Å². The standard InChI is InChI=1S/C31H28N4O5S/c1-21(36)23-8-10-24(11-9-23)33-13-15-34(16-14-33)29(37)19-41-31-32-26(30(38)35(31)25-5-3-2-4-6-25)17-22-7-12-27-28(18-22)40-20-39-27/h2-12,17-18H,13-16,19-20H2,1H3/b26-17-. The molecule has 9 nitrogen and oxygen atoms in total. The number of nitrogens with zero attached hydrogens (tertiary/aromatic N) is 4. The summed E-state index contributed by atoms with van der Waals surface area (Å²) in [5.74, 6) is 1.24. The van der Waals surface area contributed by atoms with E-state index in [9.17, 15) is 14.4 Å². The molecule has 3 aliphatic rings. The molecule has 0 spiro atoms. The molecule has 0 atom stereocenters. The van der Waals surface area contributed by atoms with E-state index < -0.39 is 0 Å². The number of carbonyl (C=O) groups is 3. The van der Waals surface area contributed by atoms with Crippen LogP contribution in [0, 0.1) is 0 Å². The number of Topliss-reactive ketones (excluding diaryl/α,β-unsaturated/α-hetero) is 1. The van der Waals surface area contributed by atoms with Crippen molar-refractivity contribution in [3.63, 3.8) is 0 Å². The maximum Gasteiger partial charge on any atom is 0.283 e. The van der Waals surface area contributed by atoms with Crippen LogP contribution in [-0.4, -0.2) is 66.4 Å². The van der Waals surface area contributed by atoms with Crippen LogP contribution in [0.25, 0.3) is 6.08 Å². The molecule has 10 heteroatoms. The molecule has 2 amide bonds. The van der Waals surface area contributed by atoms with E-state index in [1.54, 1.807) is 17.9 Å². The molecular weight excluding hydrogens is 540 g/mol. The molecule has 3 aromatic rings. The molecule has 0 aromatic heterocycles. The molecule has 41 heavy (non-hydrogen) atoms. The largest absolute Gasteiger partial charge is 0.454 e. The first-order valence-corrected chi connectivity index (χ1v) is 14.3. The monoisotopic (exact) mass is 568 g/mol. The quantitative estimate of drug-likeness (QED) is 0.321. The van der Waals surface area contributed by atoms with E-state index in [0.717, 1.165) is 11.3 Å². The number of benzene rings is 3. The summed E-state index contributed by atoms with van der Waals surface area (Å²) in [4.78, 5) is 48.5. The zero-order valence-electron chi connectivity index (χ0n) is 22.5. The Kier molecular flexibility index (Phi) is 7.47. The molecule has 208 valence electrons. The summed E-state index contributed by atoms with van der Waals surface area (Å²) in [7, 11) is 0. The number of carbonyl (C=O) groups excluding carboxylic acids is 3.